The second-order valence-electron chi connectivity index (χ2n) is 4.89. The first kappa shape index (κ1) is 13.1. The summed E-state index contributed by atoms with van der Waals surface area (Å²) in [5, 5.41) is 13.0. The van der Waals surface area contributed by atoms with E-state index in [9.17, 15) is 9.90 Å². The minimum absolute atomic E-state index is 0.160. The lowest BCUT2D eigenvalue weighted by Crippen LogP contribution is -2.13. The molecule has 0 radical (unpaired) electrons. The van der Waals surface area contributed by atoms with Crippen LogP contribution in [0.4, 0.5) is 5.69 Å². The molecular weight excluding hydrogens is 264 g/mol. The maximum Gasteiger partial charge on any atom is 0.274 e. The highest BCUT2D eigenvalue weighted by atomic mass is 16.3. The van der Waals surface area contributed by atoms with Crippen LogP contribution in [0.2, 0.25) is 0 Å². The minimum atomic E-state index is -0.274. The quantitative estimate of drug-likeness (QED) is 0.705. The van der Waals surface area contributed by atoms with Gasteiger partial charge < -0.3 is 10.4 Å². The minimum Gasteiger partial charge on any atom is -0.508 e. The number of phenols is 1. The van der Waals surface area contributed by atoms with Crippen molar-refractivity contribution in [1.29, 1.82) is 0 Å². The van der Waals surface area contributed by atoms with Gasteiger partial charge in [-0.1, -0.05) is 18.2 Å². The summed E-state index contributed by atoms with van der Waals surface area (Å²) < 4.78 is 0. The predicted octanol–water partition coefficient (Wildman–Crippen LogP) is 3.50. The largest absolute Gasteiger partial charge is 0.508 e. The summed E-state index contributed by atoms with van der Waals surface area (Å²) in [5.41, 5.74) is 2.88. The second-order valence-corrected chi connectivity index (χ2v) is 4.89. The fourth-order valence-corrected chi connectivity index (χ4v) is 2.09. The zero-order valence-corrected chi connectivity index (χ0v) is 11.5. The molecule has 0 aliphatic rings. The number of anilines is 1. The number of phenolic OH excluding ortho intramolecular Hbond substituents is 1. The van der Waals surface area contributed by atoms with Gasteiger partial charge in [0.2, 0.25) is 0 Å². The van der Waals surface area contributed by atoms with Crippen molar-refractivity contribution in [1.82, 2.24) is 4.98 Å². The van der Waals surface area contributed by atoms with E-state index < -0.39 is 0 Å². The molecule has 2 aromatic carbocycles. The highest BCUT2D eigenvalue weighted by molar-refractivity contribution is 6.04. The first-order valence-electron chi connectivity index (χ1n) is 6.60. The number of aromatic nitrogens is 1. The Kier molecular flexibility index (Phi) is 3.28. The molecule has 0 saturated heterocycles. The van der Waals surface area contributed by atoms with Crippen molar-refractivity contribution in [3.05, 3.63) is 65.9 Å². The van der Waals surface area contributed by atoms with Gasteiger partial charge in [-0.2, -0.15) is 0 Å². The molecular formula is C17H14N2O2. The first-order chi connectivity index (χ1) is 10.1. The molecule has 1 heterocycles. The van der Waals surface area contributed by atoms with Gasteiger partial charge in [0.25, 0.3) is 5.91 Å². The van der Waals surface area contributed by atoms with E-state index in [1.807, 2.05) is 31.2 Å². The van der Waals surface area contributed by atoms with E-state index in [1.165, 1.54) is 12.1 Å². The number of amides is 1. The number of benzene rings is 2. The Morgan fingerprint density at radius 1 is 1.05 bits per heavy atom. The average molecular weight is 278 g/mol. The predicted molar refractivity (Wildman–Crippen MR) is 82.5 cm³/mol. The molecule has 0 unspecified atom stereocenters. The summed E-state index contributed by atoms with van der Waals surface area (Å²) in [4.78, 5) is 16.6. The summed E-state index contributed by atoms with van der Waals surface area (Å²) in [6, 6.07) is 15.9. The molecule has 2 N–H and O–H groups in total. The molecule has 0 aliphatic heterocycles. The van der Waals surface area contributed by atoms with Gasteiger partial charge in [-0.15, -0.1) is 0 Å². The fraction of sp³-hybridized carbons (Fsp3) is 0.0588. The smallest absolute Gasteiger partial charge is 0.274 e. The zero-order valence-electron chi connectivity index (χ0n) is 11.5. The number of hydrogen-bond acceptors (Lipinski definition) is 3. The Balaban J connectivity index is 1.88. The fourth-order valence-electron chi connectivity index (χ4n) is 2.09. The number of carbonyl (C=O) groups is 1. The van der Waals surface area contributed by atoms with E-state index in [0.717, 1.165) is 16.5 Å². The van der Waals surface area contributed by atoms with Crippen LogP contribution in [-0.2, 0) is 0 Å². The monoisotopic (exact) mass is 278 g/mol. The first-order valence-corrected chi connectivity index (χ1v) is 6.60. The molecule has 1 aromatic heterocycles. The Bertz CT molecular complexity index is 811. The molecule has 4 heteroatoms. The number of aryl methyl sites for hydroxylation is 1. The normalized spacial score (nSPS) is 10.5. The Labute approximate surface area is 122 Å². The summed E-state index contributed by atoms with van der Waals surface area (Å²) in [6.07, 6.45) is 0. The molecule has 0 atom stereocenters. The number of rotatable bonds is 2. The Hall–Kier alpha value is -2.88. The Morgan fingerprint density at radius 3 is 2.52 bits per heavy atom. The number of pyridine rings is 1. The van der Waals surface area contributed by atoms with Gasteiger partial charge in [0, 0.05) is 11.1 Å². The lowest BCUT2D eigenvalue weighted by Gasteiger charge is -2.06. The van der Waals surface area contributed by atoms with Gasteiger partial charge in [-0.3, -0.25) is 4.79 Å². The molecule has 0 fully saturated rings. The van der Waals surface area contributed by atoms with Crippen molar-refractivity contribution in [2.24, 2.45) is 0 Å². The average Bonchev–Trinajstić information content (AvgIpc) is 2.48. The summed E-state index contributed by atoms with van der Waals surface area (Å²) >= 11 is 0. The number of hydrogen-bond donors (Lipinski definition) is 2. The van der Waals surface area contributed by atoms with Gasteiger partial charge in [-0.25, -0.2) is 4.98 Å². The number of nitrogens with zero attached hydrogens (tertiary/aromatic N) is 1. The number of carbonyl (C=O) groups excluding carboxylic acids is 1. The lowest BCUT2D eigenvalue weighted by molar-refractivity contribution is 0.102. The molecule has 0 bridgehead atoms. The number of aromatic hydroxyl groups is 1. The topological polar surface area (TPSA) is 62.2 Å². The lowest BCUT2D eigenvalue weighted by atomic mass is 10.1. The van der Waals surface area contributed by atoms with Crippen molar-refractivity contribution in [2.45, 2.75) is 6.92 Å². The van der Waals surface area contributed by atoms with E-state index >= 15 is 0 Å². The number of nitrogens with one attached hydrogen (secondary N) is 1. The van der Waals surface area contributed by atoms with Crippen molar-refractivity contribution in [3.63, 3.8) is 0 Å². The van der Waals surface area contributed by atoms with Crippen LogP contribution in [-0.4, -0.2) is 16.0 Å². The second kappa shape index (κ2) is 5.25. The third kappa shape index (κ3) is 2.84. The third-order valence-corrected chi connectivity index (χ3v) is 3.21. The van der Waals surface area contributed by atoms with E-state index in [2.05, 4.69) is 10.3 Å². The summed E-state index contributed by atoms with van der Waals surface area (Å²) in [5.74, 6) is -0.114. The van der Waals surface area contributed by atoms with Crippen LogP contribution in [0.15, 0.2) is 54.6 Å². The van der Waals surface area contributed by atoms with E-state index in [1.54, 1.807) is 18.2 Å². The van der Waals surface area contributed by atoms with Crippen molar-refractivity contribution < 1.29 is 9.90 Å². The van der Waals surface area contributed by atoms with Gasteiger partial charge >= 0.3 is 0 Å². The molecule has 3 aromatic rings. The summed E-state index contributed by atoms with van der Waals surface area (Å²) in [7, 11) is 0. The van der Waals surface area contributed by atoms with E-state index in [0.29, 0.717) is 11.4 Å². The molecule has 0 spiro atoms. The maximum atomic E-state index is 12.2. The van der Waals surface area contributed by atoms with Gasteiger partial charge in [-0.05, 0) is 48.9 Å². The highest BCUT2D eigenvalue weighted by Crippen LogP contribution is 2.17. The van der Waals surface area contributed by atoms with Crippen LogP contribution in [0.3, 0.4) is 0 Å². The number of fused-ring (bicyclic) bond motifs is 1. The highest BCUT2D eigenvalue weighted by Gasteiger charge is 2.08. The van der Waals surface area contributed by atoms with E-state index in [-0.39, 0.29) is 11.7 Å². The molecule has 1 amide bonds. The zero-order chi connectivity index (χ0) is 14.8. The Morgan fingerprint density at radius 2 is 1.76 bits per heavy atom. The third-order valence-electron chi connectivity index (χ3n) is 3.21. The molecule has 3 rings (SSSR count). The van der Waals surface area contributed by atoms with Crippen molar-refractivity contribution >= 4 is 22.5 Å². The van der Waals surface area contributed by atoms with Gasteiger partial charge in [0.15, 0.2) is 0 Å². The SMILES string of the molecule is Cc1ccc2ccc(C(=O)Nc3ccc(O)cc3)nc2c1. The molecule has 104 valence electrons. The van der Waals surface area contributed by atoms with Crippen LogP contribution in [0.25, 0.3) is 10.9 Å². The van der Waals surface area contributed by atoms with Gasteiger partial charge in [0.05, 0.1) is 5.52 Å². The van der Waals surface area contributed by atoms with E-state index in [4.69, 9.17) is 0 Å². The molecule has 0 aliphatic carbocycles. The van der Waals surface area contributed by atoms with Crippen LogP contribution in [0, 0.1) is 6.92 Å². The van der Waals surface area contributed by atoms with Crippen LogP contribution >= 0.6 is 0 Å². The van der Waals surface area contributed by atoms with Gasteiger partial charge in [0.1, 0.15) is 11.4 Å². The maximum absolute atomic E-state index is 12.2. The van der Waals surface area contributed by atoms with Crippen LogP contribution < -0.4 is 5.32 Å². The molecule has 0 saturated carbocycles. The summed E-state index contributed by atoms with van der Waals surface area (Å²) in [6.45, 7) is 1.99. The van der Waals surface area contributed by atoms with Crippen molar-refractivity contribution in [3.8, 4) is 5.75 Å². The standard InChI is InChI=1S/C17H14N2O2/c1-11-2-3-12-4-9-15(19-16(12)10-11)17(21)18-13-5-7-14(20)8-6-13/h2-10,20H,1H3,(H,18,21). The molecule has 4 nitrogen and oxygen atoms in total. The van der Waals surface area contributed by atoms with Crippen LogP contribution in [0.5, 0.6) is 5.75 Å². The van der Waals surface area contributed by atoms with Crippen LogP contribution in [0.1, 0.15) is 16.1 Å². The van der Waals surface area contributed by atoms with Crippen molar-refractivity contribution in [2.75, 3.05) is 5.32 Å². The molecule has 21 heavy (non-hydrogen) atoms.